The lowest BCUT2D eigenvalue weighted by atomic mass is 10.0. The van der Waals surface area contributed by atoms with Crippen LogP contribution in [-0.2, 0) is 17.8 Å². The fourth-order valence-electron chi connectivity index (χ4n) is 2.14. The second-order valence-electron chi connectivity index (χ2n) is 4.66. The molecule has 2 heterocycles. The predicted molar refractivity (Wildman–Crippen MR) is 64.3 cm³/mol. The quantitative estimate of drug-likeness (QED) is 0.797. The number of carbonyl (C=O) groups is 1. The first kappa shape index (κ1) is 11.8. The first-order chi connectivity index (χ1) is 8.13. The van der Waals surface area contributed by atoms with E-state index in [1.54, 1.807) is 0 Å². The monoisotopic (exact) mass is 234 g/mol. The summed E-state index contributed by atoms with van der Waals surface area (Å²) in [6.07, 6.45) is 3.38. The van der Waals surface area contributed by atoms with Gasteiger partial charge in [0.1, 0.15) is 5.82 Å². The van der Waals surface area contributed by atoms with Gasteiger partial charge in [-0.15, -0.1) is 10.2 Å². The number of aryl methyl sites for hydroxylation is 1. The first-order valence-electron chi connectivity index (χ1n) is 5.98. The largest absolute Gasteiger partial charge is 0.342 e. The zero-order chi connectivity index (χ0) is 12.4. The number of rotatable bonds is 4. The lowest BCUT2D eigenvalue weighted by Crippen LogP contribution is -2.32. The maximum absolute atomic E-state index is 11.4. The molecule has 1 atom stereocenters. The molecular formula is C12H18N4O. The molecule has 1 aliphatic heterocycles. The van der Waals surface area contributed by atoms with E-state index in [1.165, 1.54) is 6.08 Å². The second kappa shape index (κ2) is 4.69. The van der Waals surface area contributed by atoms with Gasteiger partial charge in [-0.25, -0.2) is 0 Å². The van der Waals surface area contributed by atoms with Crippen LogP contribution in [-0.4, -0.2) is 20.7 Å². The van der Waals surface area contributed by atoms with E-state index in [9.17, 15) is 4.79 Å². The molecule has 1 aliphatic rings. The fraction of sp³-hybridized carbons (Fsp3) is 0.583. The third kappa shape index (κ3) is 2.23. The van der Waals surface area contributed by atoms with E-state index in [0.717, 1.165) is 31.0 Å². The summed E-state index contributed by atoms with van der Waals surface area (Å²) in [6.45, 7) is 8.54. The molecule has 92 valence electrons. The first-order valence-corrected chi connectivity index (χ1v) is 5.98. The maximum Gasteiger partial charge on any atom is 0.243 e. The maximum atomic E-state index is 11.4. The van der Waals surface area contributed by atoms with Crippen molar-refractivity contribution < 1.29 is 4.79 Å². The van der Waals surface area contributed by atoms with Crippen LogP contribution in [0.15, 0.2) is 12.7 Å². The van der Waals surface area contributed by atoms with E-state index >= 15 is 0 Å². The van der Waals surface area contributed by atoms with Crippen LogP contribution in [0.2, 0.25) is 0 Å². The normalized spacial score (nSPS) is 15.7. The van der Waals surface area contributed by atoms with E-state index < -0.39 is 0 Å². The molecule has 0 saturated carbocycles. The molecule has 0 saturated heterocycles. The molecule has 0 aromatic carbocycles. The van der Waals surface area contributed by atoms with Gasteiger partial charge < -0.3 is 9.88 Å². The van der Waals surface area contributed by atoms with Crippen LogP contribution in [0.5, 0.6) is 0 Å². The molecule has 1 unspecified atom stereocenters. The lowest BCUT2D eigenvalue weighted by Gasteiger charge is -2.21. The number of amides is 1. The zero-order valence-electron chi connectivity index (χ0n) is 10.3. The minimum atomic E-state index is -0.168. The highest BCUT2D eigenvalue weighted by atomic mass is 16.1. The molecule has 5 nitrogen and oxygen atoms in total. The van der Waals surface area contributed by atoms with Gasteiger partial charge in [0.15, 0.2) is 5.82 Å². The van der Waals surface area contributed by atoms with Gasteiger partial charge >= 0.3 is 0 Å². The number of fused-ring (bicyclic) bond motifs is 1. The Morgan fingerprint density at radius 2 is 2.29 bits per heavy atom. The van der Waals surface area contributed by atoms with Gasteiger partial charge in [0.05, 0.1) is 6.04 Å². The van der Waals surface area contributed by atoms with Crippen molar-refractivity contribution >= 4 is 5.91 Å². The SMILES string of the molecule is C=CC(=O)NC(c1nnc2n1CCC2)C(C)C. The van der Waals surface area contributed by atoms with E-state index in [1.807, 2.05) is 0 Å². The highest BCUT2D eigenvalue weighted by Gasteiger charge is 2.26. The second-order valence-corrected chi connectivity index (χ2v) is 4.66. The Morgan fingerprint density at radius 3 is 2.94 bits per heavy atom. The summed E-state index contributed by atoms with van der Waals surface area (Å²) < 4.78 is 2.12. The van der Waals surface area contributed by atoms with Gasteiger partial charge in [-0.2, -0.15) is 0 Å². The van der Waals surface area contributed by atoms with Gasteiger partial charge in [0.25, 0.3) is 0 Å². The molecule has 0 spiro atoms. The number of hydrogen-bond acceptors (Lipinski definition) is 3. The van der Waals surface area contributed by atoms with Crippen molar-refractivity contribution in [2.75, 3.05) is 0 Å². The van der Waals surface area contributed by atoms with E-state index in [-0.39, 0.29) is 17.9 Å². The van der Waals surface area contributed by atoms with Crippen molar-refractivity contribution in [2.24, 2.45) is 5.92 Å². The van der Waals surface area contributed by atoms with E-state index in [0.29, 0.717) is 0 Å². The Bertz CT molecular complexity index is 436. The summed E-state index contributed by atoms with van der Waals surface area (Å²) in [6, 6.07) is -0.0974. The summed E-state index contributed by atoms with van der Waals surface area (Å²) in [5.41, 5.74) is 0. The third-order valence-corrected chi connectivity index (χ3v) is 3.07. The topological polar surface area (TPSA) is 59.8 Å². The summed E-state index contributed by atoms with van der Waals surface area (Å²) in [7, 11) is 0. The Hall–Kier alpha value is -1.65. The van der Waals surface area contributed by atoms with Crippen molar-refractivity contribution in [3.05, 3.63) is 24.3 Å². The lowest BCUT2D eigenvalue weighted by molar-refractivity contribution is -0.117. The molecule has 0 radical (unpaired) electrons. The molecule has 1 aromatic heterocycles. The van der Waals surface area contributed by atoms with Gasteiger partial charge in [-0.3, -0.25) is 4.79 Å². The van der Waals surface area contributed by atoms with E-state index in [2.05, 4.69) is 40.5 Å². The number of hydrogen-bond donors (Lipinski definition) is 1. The van der Waals surface area contributed by atoms with Gasteiger partial charge in [0.2, 0.25) is 5.91 Å². The molecule has 2 rings (SSSR count). The predicted octanol–water partition coefficient (Wildman–Crippen LogP) is 1.22. The summed E-state index contributed by atoms with van der Waals surface area (Å²) in [4.78, 5) is 11.4. The Kier molecular flexibility index (Phi) is 3.26. The van der Waals surface area contributed by atoms with E-state index in [4.69, 9.17) is 0 Å². The van der Waals surface area contributed by atoms with Crippen molar-refractivity contribution in [1.82, 2.24) is 20.1 Å². The fourth-order valence-corrected chi connectivity index (χ4v) is 2.14. The average molecular weight is 234 g/mol. The van der Waals surface area contributed by atoms with Crippen LogP contribution >= 0.6 is 0 Å². The summed E-state index contributed by atoms with van der Waals surface area (Å²) in [5.74, 6) is 1.99. The highest BCUT2D eigenvalue weighted by Crippen LogP contribution is 2.24. The van der Waals surface area contributed by atoms with Crippen molar-refractivity contribution in [3.8, 4) is 0 Å². The van der Waals surface area contributed by atoms with Crippen LogP contribution in [0.4, 0.5) is 0 Å². The van der Waals surface area contributed by atoms with Crippen molar-refractivity contribution in [2.45, 2.75) is 39.3 Å². The standard InChI is InChI=1S/C12H18N4O/c1-4-10(17)13-11(8(2)3)12-15-14-9-6-5-7-16(9)12/h4,8,11H,1,5-7H2,2-3H3,(H,13,17). The Labute approximate surface area is 101 Å². The van der Waals surface area contributed by atoms with Crippen molar-refractivity contribution in [1.29, 1.82) is 0 Å². The van der Waals surface area contributed by atoms with Crippen LogP contribution in [0, 0.1) is 5.92 Å². The van der Waals surface area contributed by atoms with Crippen LogP contribution < -0.4 is 5.32 Å². The molecule has 0 aliphatic carbocycles. The summed E-state index contributed by atoms with van der Waals surface area (Å²) in [5, 5.41) is 11.3. The molecule has 1 N–H and O–H groups in total. The Morgan fingerprint density at radius 1 is 1.53 bits per heavy atom. The molecular weight excluding hydrogens is 216 g/mol. The highest BCUT2D eigenvalue weighted by molar-refractivity contribution is 5.87. The minimum absolute atomic E-state index is 0.0974. The molecule has 17 heavy (non-hydrogen) atoms. The average Bonchev–Trinajstić information content (AvgIpc) is 2.87. The van der Waals surface area contributed by atoms with Crippen LogP contribution in [0.1, 0.15) is 38.0 Å². The third-order valence-electron chi connectivity index (χ3n) is 3.07. The number of carbonyl (C=O) groups excluding carboxylic acids is 1. The van der Waals surface area contributed by atoms with Gasteiger partial charge in [0, 0.05) is 13.0 Å². The molecule has 0 bridgehead atoms. The number of aromatic nitrogens is 3. The molecule has 1 amide bonds. The van der Waals surface area contributed by atoms with Crippen LogP contribution in [0.3, 0.4) is 0 Å². The molecule has 5 heteroatoms. The molecule has 1 aromatic rings. The minimum Gasteiger partial charge on any atom is -0.342 e. The van der Waals surface area contributed by atoms with Crippen LogP contribution in [0.25, 0.3) is 0 Å². The zero-order valence-corrected chi connectivity index (χ0v) is 10.3. The van der Waals surface area contributed by atoms with Gasteiger partial charge in [-0.05, 0) is 18.4 Å². The Balaban J connectivity index is 2.26. The van der Waals surface area contributed by atoms with Crippen molar-refractivity contribution in [3.63, 3.8) is 0 Å². The number of nitrogens with one attached hydrogen (secondary N) is 1. The number of nitrogens with zero attached hydrogens (tertiary/aromatic N) is 3. The molecule has 0 fully saturated rings. The smallest absolute Gasteiger partial charge is 0.243 e. The summed E-state index contributed by atoms with van der Waals surface area (Å²) >= 11 is 0. The van der Waals surface area contributed by atoms with Gasteiger partial charge in [-0.1, -0.05) is 20.4 Å².